The molecule has 0 aliphatic heterocycles. The van der Waals surface area contributed by atoms with Crippen molar-refractivity contribution in [1.82, 2.24) is 10.6 Å². The highest BCUT2D eigenvalue weighted by Crippen LogP contribution is 2.44. The van der Waals surface area contributed by atoms with E-state index in [1.165, 1.54) is 11.1 Å². The molecule has 7 nitrogen and oxygen atoms in total. The lowest BCUT2D eigenvalue weighted by Gasteiger charge is -2.24. The van der Waals surface area contributed by atoms with Gasteiger partial charge in [0.1, 0.15) is 6.61 Å². The number of benzene rings is 2. The van der Waals surface area contributed by atoms with E-state index in [2.05, 4.69) is 34.9 Å². The van der Waals surface area contributed by atoms with Crippen LogP contribution in [-0.4, -0.2) is 41.8 Å². The zero-order valence-electron chi connectivity index (χ0n) is 19.5. The maximum Gasteiger partial charge on any atom is 0.407 e. The Morgan fingerprint density at radius 1 is 1.03 bits per heavy atom. The predicted molar refractivity (Wildman–Crippen MR) is 128 cm³/mol. The molecule has 34 heavy (non-hydrogen) atoms. The Morgan fingerprint density at radius 2 is 1.68 bits per heavy atom. The third-order valence-electron chi connectivity index (χ3n) is 6.90. The Morgan fingerprint density at radius 3 is 2.29 bits per heavy atom. The highest BCUT2D eigenvalue weighted by molar-refractivity contribution is 5.82. The van der Waals surface area contributed by atoms with Gasteiger partial charge in [0.2, 0.25) is 5.91 Å². The van der Waals surface area contributed by atoms with E-state index in [4.69, 9.17) is 9.84 Å². The van der Waals surface area contributed by atoms with Crippen LogP contribution in [0.5, 0.6) is 0 Å². The number of carbonyl (C=O) groups excluding carboxylic acids is 2. The van der Waals surface area contributed by atoms with Crippen LogP contribution in [0.25, 0.3) is 11.1 Å². The predicted octanol–water partition coefficient (Wildman–Crippen LogP) is 4.45. The van der Waals surface area contributed by atoms with Gasteiger partial charge in [-0.05, 0) is 41.5 Å². The molecule has 2 aromatic rings. The number of nitrogens with one attached hydrogen (secondary N) is 2. The fourth-order valence-corrected chi connectivity index (χ4v) is 5.33. The van der Waals surface area contributed by atoms with Gasteiger partial charge in [-0.3, -0.25) is 9.59 Å². The van der Waals surface area contributed by atoms with Crippen LogP contribution in [0.1, 0.15) is 62.5 Å². The SMILES string of the molecule is CCCC(CC(=O)O)NC(=O)[C@H]1CCC[C@H]1NC(=O)OCC1c2ccccc2-c2ccccc21. The number of hydrogen-bond acceptors (Lipinski definition) is 4. The van der Waals surface area contributed by atoms with Gasteiger partial charge >= 0.3 is 12.1 Å². The van der Waals surface area contributed by atoms with Gasteiger partial charge < -0.3 is 20.5 Å². The first-order chi connectivity index (χ1) is 16.5. The second-order valence-electron chi connectivity index (χ2n) is 9.21. The molecule has 2 aliphatic rings. The molecule has 1 fully saturated rings. The molecule has 0 heterocycles. The lowest BCUT2D eigenvalue weighted by atomic mass is 9.98. The fraction of sp³-hybridized carbons (Fsp3) is 0.444. The van der Waals surface area contributed by atoms with Crippen LogP contribution >= 0.6 is 0 Å². The van der Waals surface area contributed by atoms with Crippen molar-refractivity contribution < 1.29 is 24.2 Å². The zero-order chi connectivity index (χ0) is 24.1. The number of ether oxygens (including phenoxy) is 1. The maximum atomic E-state index is 12.8. The Balaban J connectivity index is 1.35. The molecule has 2 aromatic carbocycles. The van der Waals surface area contributed by atoms with Crippen LogP contribution in [0.15, 0.2) is 48.5 Å². The summed E-state index contributed by atoms with van der Waals surface area (Å²) in [6.45, 7) is 2.18. The van der Waals surface area contributed by atoms with E-state index in [0.29, 0.717) is 19.3 Å². The van der Waals surface area contributed by atoms with Gasteiger partial charge in [-0.25, -0.2) is 4.79 Å². The summed E-state index contributed by atoms with van der Waals surface area (Å²) < 4.78 is 5.64. The van der Waals surface area contributed by atoms with Gasteiger partial charge in [0.15, 0.2) is 0 Å². The molecule has 3 N–H and O–H groups in total. The molecule has 1 unspecified atom stereocenters. The van der Waals surface area contributed by atoms with Crippen LogP contribution in [0.2, 0.25) is 0 Å². The van der Waals surface area contributed by atoms with Crippen LogP contribution in [-0.2, 0) is 14.3 Å². The van der Waals surface area contributed by atoms with Gasteiger partial charge in [0.05, 0.1) is 12.3 Å². The van der Waals surface area contributed by atoms with Crippen molar-refractivity contribution in [2.45, 2.75) is 63.5 Å². The third kappa shape index (κ3) is 5.24. The van der Waals surface area contributed by atoms with Gasteiger partial charge in [-0.1, -0.05) is 68.3 Å². The van der Waals surface area contributed by atoms with E-state index in [-0.39, 0.29) is 36.8 Å². The van der Waals surface area contributed by atoms with Crippen molar-refractivity contribution in [3.05, 3.63) is 59.7 Å². The van der Waals surface area contributed by atoms with E-state index in [9.17, 15) is 14.4 Å². The van der Waals surface area contributed by atoms with Crippen molar-refractivity contribution in [3.8, 4) is 11.1 Å². The standard InChI is InChI=1S/C27H32N2O5/c1-2-8-17(15-25(30)31)28-26(32)22-13-7-14-24(22)29-27(33)34-16-23-20-11-5-3-9-18(20)19-10-4-6-12-21(19)23/h3-6,9-12,17,22-24H,2,7-8,13-16H2,1H3,(H,28,32)(H,29,33)(H,30,31)/t17?,22-,24+/m0/s1. The number of amides is 2. The number of carbonyl (C=O) groups is 3. The molecule has 1 saturated carbocycles. The molecular weight excluding hydrogens is 432 g/mol. The van der Waals surface area contributed by atoms with Crippen molar-refractivity contribution in [1.29, 1.82) is 0 Å². The number of carboxylic acids is 1. The normalized spacial score (nSPS) is 19.7. The van der Waals surface area contributed by atoms with E-state index >= 15 is 0 Å². The monoisotopic (exact) mass is 464 g/mol. The zero-order valence-corrected chi connectivity index (χ0v) is 19.5. The van der Waals surface area contributed by atoms with Crippen molar-refractivity contribution in [2.24, 2.45) is 5.92 Å². The van der Waals surface area contributed by atoms with Gasteiger partial charge in [-0.15, -0.1) is 0 Å². The summed E-state index contributed by atoms with van der Waals surface area (Å²) in [5, 5.41) is 14.9. The lowest BCUT2D eigenvalue weighted by molar-refractivity contribution is -0.137. The van der Waals surface area contributed by atoms with E-state index in [1.807, 2.05) is 31.2 Å². The minimum atomic E-state index is -0.932. The number of alkyl carbamates (subject to hydrolysis) is 1. The number of hydrogen-bond donors (Lipinski definition) is 3. The topological polar surface area (TPSA) is 105 Å². The number of fused-ring (bicyclic) bond motifs is 3. The Labute approximate surface area is 199 Å². The summed E-state index contributed by atoms with van der Waals surface area (Å²) in [6.07, 6.45) is 2.94. The van der Waals surface area contributed by atoms with Crippen LogP contribution < -0.4 is 10.6 Å². The molecule has 0 radical (unpaired) electrons. The molecule has 0 spiro atoms. The molecule has 2 amide bonds. The third-order valence-corrected chi connectivity index (χ3v) is 6.90. The Hall–Kier alpha value is -3.35. The molecule has 0 bridgehead atoms. The Bertz CT molecular complexity index is 1010. The minimum absolute atomic E-state index is 0.0216. The smallest absolute Gasteiger partial charge is 0.407 e. The molecule has 0 aromatic heterocycles. The van der Waals surface area contributed by atoms with Gasteiger partial charge in [-0.2, -0.15) is 0 Å². The molecule has 0 saturated heterocycles. The molecule has 180 valence electrons. The summed E-state index contributed by atoms with van der Waals surface area (Å²) in [5.41, 5.74) is 4.63. The summed E-state index contributed by atoms with van der Waals surface area (Å²) >= 11 is 0. The Kier molecular flexibility index (Phi) is 7.50. The first kappa shape index (κ1) is 23.8. The molecule has 2 aliphatic carbocycles. The van der Waals surface area contributed by atoms with Crippen LogP contribution in [0.4, 0.5) is 4.79 Å². The molecule has 4 rings (SSSR count). The van der Waals surface area contributed by atoms with Crippen LogP contribution in [0, 0.1) is 5.92 Å². The van der Waals surface area contributed by atoms with Crippen molar-refractivity contribution >= 4 is 18.0 Å². The summed E-state index contributed by atoms with van der Waals surface area (Å²) in [4.78, 5) is 36.6. The maximum absolute atomic E-state index is 12.8. The number of aliphatic carboxylic acids is 1. The quantitative estimate of drug-likeness (QED) is 0.508. The van der Waals surface area contributed by atoms with E-state index in [0.717, 1.165) is 24.0 Å². The largest absolute Gasteiger partial charge is 0.481 e. The fourth-order valence-electron chi connectivity index (χ4n) is 5.33. The van der Waals surface area contributed by atoms with E-state index < -0.39 is 18.1 Å². The first-order valence-corrected chi connectivity index (χ1v) is 12.1. The van der Waals surface area contributed by atoms with Crippen molar-refractivity contribution in [3.63, 3.8) is 0 Å². The van der Waals surface area contributed by atoms with Gasteiger partial charge in [0, 0.05) is 18.0 Å². The average molecular weight is 465 g/mol. The number of rotatable bonds is 9. The highest BCUT2D eigenvalue weighted by atomic mass is 16.5. The van der Waals surface area contributed by atoms with Crippen molar-refractivity contribution in [2.75, 3.05) is 6.61 Å². The molecule has 7 heteroatoms. The second kappa shape index (κ2) is 10.7. The molecule has 3 atom stereocenters. The van der Waals surface area contributed by atoms with E-state index in [1.54, 1.807) is 0 Å². The first-order valence-electron chi connectivity index (χ1n) is 12.1. The number of carboxylic acid groups (broad SMARTS) is 1. The summed E-state index contributed by atoms with van der Waals surface area (Å²) in [5.74, 6) is -1.53. The van der Waals surface area contributed by atoms with Gasteiger partial charge in [0.25, 0.3) is 0 Å². The lowest BCUT2D eigenvalue weighted by Crippen LogP contribution is -2.47. The summed E-state index contributed by atoms with van der Waals surface area (Å²) in [7, 11) is 0. The minimum Gasteiger partial charge on any atom is -0.481 e. The average Bonchev–Trinajstić information content (AvgIpc) is 3.40. The molecular formula is C27H32N2O5. The highest BCUT2D eigenvalue weighted by Gasteiger charge is 2.36. The van der Waals surface area contributed by atoms with Crippen LogP contribution in [0.3, 0.4) is 0 Å². The second-order valence-corrected chi connectivity index (χ2v) is 9.21. The summed E-state index contributed by atoms with van der Waals surface area (Å²) in [6, 6.07) is 15.6.